The fourth-order valence-electron chi connectivity index (χ4n) is 2.88. The van der Waals surface area contributed by atoms with Crippen molar-refractivity contribution in [3.05, 3.63) is 35.4 Å². The van der Waals surface area contributed by atoms with Gasteiger partial charge in [-0.3, -0.25) is 4.79 Å². The van der Waals surface area contributed by atoms with Gasteiger partial charge in [0.15, 0.2) is 0 Å². The summed E-state index contributed by atoms with van der Waals surface area (Å²) in [6.07, 6.45) is 0.744. The number of hydrogen-bond acceptors (Lipinski definition) is 2. The van der Waals surface area contributed by atoms with Crippen LogP contribution < -0.4 is 5.73 Å². The molecular formula is C18H30N2O. The molecule has 1 unspecified atom stereocenters. The third-order valence-electron chi connectivity index (χ3n) is 4.47. The van der Waals surface area contributed by atoms with Gasteiger partial charge in [-0.25, -0.2) is 0 Å². The highest BCUT2D eigenvalue weighted by molar-refractivity contribution is 5.87. The fourth-order valence-corrected chi connectivity index (χ4v) is 2.88. The van der Waals surface area contributed by atoms with Gasteiger partial charge in [0.1, 0.15) is 0 Å². The van der Waals surface area contributed by atoms with Gasteiger partial charge in [-0.1, -0.05) is 52.0 Å². The highest BCUT2D eigenvalue weighted by Crippen LogP contribution is 2.36. The molecule has 0 fully saturated rings. The summed E-state index contributed by atoms with van der Waals surface area (Å²) in [4.78, 5) is 14.4. The summed E-state index contributed by atoms with van der Waals surface area (Å²) >= 11 is 0. The van der Waals surface area contributed by atoms with Crippen LogP contribution in [0.2, 0.25) is 0 Å². The van der Waals surface area contributed by atoms with E-state index in [-0.39, 0.29) is 11.8 Å². The van der Waals surface area contributed by atoms with Crippen LogP contribution in [-0.4, -0.2) is 31.4 Å². The van der Waals surface area contributed by atoms with E-state index in [9.17, 15) is 4.79 Å². The second-order valence-electron chi connectivity index (χ2n) is 6.82. The molecule has 0 saturated heterocycles. The molecule has 3 nitrogen and oxygen atoms in total. The second-order valence-corrected chi connectivity index (χ2v) is 6.82. The normalized spacial score (nSPS) is 14.7. The number of carbonyl (C=O) groups is 1. The molecule has 0 aliphatic heterocycles. The molecule has 1 atom stereocenters. The maximum Gasteiger partial charge on any atom is 0.228 e. The van der Waals surface area contributed by atoms with Crippen LogP contribution in [0, 0.1) is 5.92 Å². The van der Waals surface area contributed by atoms with Crippen molar-refractivity contribution in [3.8, 4) is 0 Å². The standard InChI is InChI=1S/C18H30N2O/c1-13(2)15-7-9-16(10-8-15)18(14(3)4,17(19)21)11-12-20(5)6/h7-10,13-14H,11-12H2,1-6H3,(H2,19,21). The number of hydrogen-bond donors (Lipinski definition) is 1. The SMILES string of the molecule is CC(C)c1ccc(C(CCN(C)C)(C(N)=O)C(C)C)cc1. The van der Waals surface area contributed by atoms with Gasteiger partial charge in [0.25, 0.3) is 0 Å². The van der Waals surface area contributed by atoms with Crippen LogP contribution in [-0.2, 0) is 10.2 Å². The first-order chi connectivity index (χ1) is 9.71. The van der Waals surface area contributed by atoms with E-state index in [2.05, 4.69) is 56.9 Å². The van der Waals surface area contributed by atoms with Crippen molar-refractivity contribution in [1.82, 2.24) is 4.90 Å². The highest BCUT2D eigenvalue weighted by atomic mass is 16.1. The molecule has 21 heavy (non-hydrogen) atoms. The smallest absolute Gasteiger partial charge is 0.228 e. The van der Waals surface area contributed by atoms with Gasteiger partial charge in [0.2, 0.25) is 5.91 Å². The quantitative estimate of drug-likeness (QED) is 0.838. The lowest BCUT2D eigenvalue weighted by molar-refractivity contribution is -0.125. The molecule has 0 aliphatic rings. The number of nitrogens with zero attached hydrogens (tertiary/aromatic N) is 1. The largest absolute Gasteiger partial charge is 0.369 e. The number of nitrogens with two attached hydrogens (primary N) is 1. The van der Waals surface area contributed by atoms with Crippen molar-refractivity contribution in [3.63, 3.8) is 0 Å². The third kappa shape index (κ3) is 3.85. The zero-order chi connectivity index (χ0) is 16.2. The Kier molecular flexibility index (Phi) is 5.97. The summed E-state index contributed by atoms with van der Waals surface area (Å²) < 4.78 is 0. The minimum atomic E-state index is -0.597. The van der Waals surface area contributed by atoms with E-state index < -0.39 is 5.41 Å². The summed E-state index contributed by atoms with van der Waals surface area (Å²) in [5, 5.41) is 0. The zero-order valence-electron chi connectivity index (χ0n) is 14.3. The van der Waals surface area contributed by atoms with Gasteiger partial charge in [-0.2, -0.15) is 0 Å². The fraction of sp³-hybridized carbons (Fsp3) is 0.611. The van der Waals surface area contributed by atoms with Crippen LogP contribution in [0.25, 0.3) is 0 Å². The summed E-state index contributed by atoms with van der Waals surface area (Å²) in [6.45, 7) is 9.34. The van der Waals surface area contributed by atoms with Crippen molar-refractivity contribution >= 4 is 5.91 Å². The lowest BCUT2D eigenvalue weighted by Gasteiger charge is -2.36. The van der Waals surface area contributed by atoms with Gasteiger partial charge >= 0.3 is 0 Å². The summed E-state index contributed by atoms with van der Waals surface area (Å²) in [6, 6.07) is 8.40. The maximum atomic E-state index is 12.3. The van der Waals surface area contributed by atoms with Crippen molar-refractivity contribution in [2.24, 2.45) is 11.7 Å². The summed E-state index contributed by atoms with van der Waals surface area (Å²) in [5.74, 6) is 0.430. The van der Waals surface area contributed by atoms with Crippen molar-refractivity contribution in [2.75, 3.05) is 20.6 Å². The van der Waals surface area contributed by atoms with E-state index in [1.807, 2.05) is 14.1 Å². The Hall–Kier alpha value is -1.35. The van der Waals surface area contributed by atoms with Gasteiger partial charge in [-0.05, 0) is 50.0 Å². The molecule has 0 aliphatic carbocycles. The minimum Gasteiger partial charge on any atom is -0.369 e. The molecule has 0 spiro atoms. The van der Waals surface area contributed by atoms with Crippen LogP contribution >= 0.6 is 0 Å². The van der Waals surface area contributed by atoms with Gasteiger partial charge in [0, 0.05) is 0 Å². The van der Waals surface area contributed by atoms with Crippen LogP contribution in [0.15, 0.2) is 24.3 Å². The topological polar surface area (TPSA) is 46.3 Å². The molecule has 0 radical (unpaired) electrons. The zero-order valence-corrected chi connectivity index (χ0v) is 14.3. The molecule has 1 aromatic rings. The van der Waals surface area contributed by atoms with Crippen LogP contribution in [0.4, 0.5) is 0 Å². The Morgan fingerprint density at radius 2 is 1.67 bits per heavy atom. The molecule has 0 aromatic heterocycles. The Morgan fingerprint density at radius 1 is 1.14 bits per heavy atom. The molecule has 0 heterocycles. The first kappa shape index (κ1) is 17.7. The minimum absolute atomic E-state index is 0.167. The Balaban J connectivity index is 3.24. The Labute approximate surface area is 129 Å². The van der Waals surface area contributed by atoms with Crippen LogP contribution in [0.3, 0.4) is 0 Å². The van der Waals surface area contributed by atoms with Crippen LogP contribution in [0.1, 0.15) is 51.2 Å². The maximum absolute atomic E-state index is 12.3. The van der Waals surface area contributed by atoms with E-state index in [0.717, 1.165) is 18.5 Å². The molecule has 1 rings (SSSR count). The number of benzene rings is 1. The third-order valence-corrected chi connectivity index (χ3v) is 4.47. The van der Waals surface area contributed by atoms with E-state index >= 15 is 0 Å². The van der Waals surface area contributed by atoms with Crippen molar-refractivity contribution in [1.29, 1.82) is 0 Å². The number of rotatable bonds is 7. The number of primary amides is 1. The molecule has 0 saturated carbocycles. The molecule has 118 valence electrons. The predicted octanol–water partition coefficient (Wildman–Crippen LogP) is 3.14. The number of carbonyl (C=O) groups excluding carboxylic acids is 1. The van der Waals surface area contributed by atoms with E-state index in [1.54, 1.807) is 0 Å². The average molecular weight is 290 g/mol. The number of amides is 1. The van der Waals surface area contributed by atoms with Gasteiger partial charge in [0.05, 0.1) is 5.41 Å². The molecule has 3 heteroatoms. The lowest BCUT2D eigenvalue weighted by atomic mass is 9.68. The summed E-state index contributed by atoms with van der Waals surface area (Å²) in [5.41, 5.74) is 7.56. The molecule has 1 aromatic carbocycles. The predicted molar refractivity (Wildman–Crippen MR) is 89.4 cm³/mol. The lowest BCUT2D eigenvalue weighted by Crippen LogP contribution is -2.47. The van der Waals surface area contributed by atoms with E-state index in [1.165, 1.54) is 5.56 Å². The van der Waals surface area contributed by atoms with E-state index in [0.29, 0.717) is 5.92 Å². The molecular weight excluding hydrogens is 260 g/mol. The highest BCUT2D eigenvalue weighted by Gasteiger charge is 2.41. The molecule has 2 N–H and O–H groups in total. The Morgan fingerprint density at radius 3 is 2.00 bits per heavy atom. The Bertz CT molecular complexity index is 463. The molecule has 1 amide bonds. The summed E-state index contributed by atoms with van der Waals surface area (Å²) in [7, 11) is 4.04. The van der Waals surface area contributed by atoms with Crippen LogP contribution in [0.5, 0.6) is 0 Å². The second kappa shape index (κ2) is 7.08. The van der Waals surface area contributed by atoms with Crippen molar-refractivity contribution in [2.45, 2.75) is 45.4 Å². The molecule has 0 bridgehead atoms. The first-order valence-electron chi connectivity index (χ1n) is 7.77. The average Bonchev–Trinajstić information content (AvgIpc) is 2.38. The van der Waals surface area contributed by atoms with E-state index in [4.69, 9.17) is 5.73 Å². The monoisotopic (exact) mass is 290 g/mol. The first-order valence-corrected chi connectivity index (χ1v) is 7.77. The van der Waals surface area contributed by atoms with Gasteiger partial charge in [-0.15, -0.1) is 0 Å². The van der Waals surface area contributed by atoms with Crippen molar-refractivity contribution < 1.29 is 4.79 Å². The van der Waals surface area contributed by atoms with Gasteiger partial charge < -0.3 is 10.6 Å².